The quantitative estimate of drug-likeness (QED) is 0.169. The van der Waals surface area contributed by atoms with Crippen molar-refractivity contribution in [1.29, 1.82) is 5.26 Å². The fourth-order valence-electron chi connectivity index (χ4n) is 5.14. The lowest BCUT2D eigenvalue weighted by Crippen LogP contribution is -2.27. The van der Waals surface area contributed by atoms with Crippen LogP contribution in [0.2, 0.25) is 0 Å². The summed E-state index contributed by atoms with van der Waals surface area (Å²) in [6.07, 6.45) is 0. The summed E-state index contributed by atoms with van der Waals surface area (Å²) in [6.45, 7) is 15.6. The highest BCUT2D eigenvalue weighted by Gasteiger charge is 2.25. The number of pyridine rings is 1. The standard InChI is InChI=1S/C31H34N8O2/c1-15-10-17(3)25(18(4)11-15)34-29-24(28(33)40)21(7)27(37-38-31-23(14-32)22(8)39(9)41-31)30(36-29)35-26-19(5)12-16(2)13-20(26)6/h10-13H,1-9H3,(H3,33,34,35,36,40)/p+1. The number of aryl methyl sites for hydroxylation is 7. The molecule has 0 spiro atoms. The third-order valence-electron chi connectivity index (χ3n) is 7.13. The lowest BCUT2D eigenvalue weighted by Gasteiger charge is -2.20. The summed E-state index contributed by atoms with van der Waals surface area (Å²) in [7, 11) is 1.68. The van der Waals surface area contributed by atoms with Gasteiger partial charge in [-0.1, -0.05) is 35.4 Å². The summed E-state index contributed by atoms with van der Waals surface area (Å²) in [5.74, 6) is 0.0482. The van der Waals surface area contributed by atoms with E-state index in [1.807, 2.05) is 41.5 Å². The highest BCUT2D eigenvalue weighted by atomic mass is 16.5. The number of aromatic nitrogens is 2. The van der Waals surface area contributed by atoms with Gasteiger partial charge >= 0.3 is 5.88 Å². The predicted molar refractivity (Wildman–Crippen MR) is 159 cm³/mol. The molecule has 4 aromatic rings. The average Bonchev–Trinajstić information content (AvgIpc) is 3.14. The fourth-order valence-corrected chi connectivity index (χ4v) is 5.14. The molecular formula is C31H35N8O2+. The van der Waals surface area contributed by atoms with Crippen molar-refractivity contribution in [3.63, 3.8) is 0 Å². The first-order valence-electron chi connectivity index (χ1n) is 13.2. The van der Waals surface area contributed by atoms with Crippen LogP contribution in [0.1, 0.15) is 60.6 Å². The normalized spacial score (nSPS) is 11.1. The molecule has 10 heteroatoms. The van der Waals surface area contributed by atoms with Gasteiger partial charge in [-0.25, -0.2) is 9.51 Å². The number of nitrogens with zero attached hydrogens (tertiary/aromatic N) is 5. The van der Waals surface area contributed by atoms with Gasteiger partial charge in [0.25, 0.3) is 5.91 Å². The molecule has 2 heterocycles. The van der Waals surface area contributed by atoms with Crippen molar-refractivity contribution < 1.29 is 14.1 Å². The molecule has 0 saturated carbocycles. The molecule has 0 aliphatic heterocycles. The number of nitriles is 1. The Balaban J connectivity index is 1.97. The van der Waals surface area contributed by atoms with Crippen LogP contribution < -0.4 is 21.1 Å². The van der Waals surface area contributed by atoms with E-state index in [4.69, 9.17) is 15.2 Å². The zero-order chi connectivity index (χ0) is 30.2. The molecule has 1 amide bonds. The van der Waals surface area contributed by atoms with Gasteiger partial charge in [0.1, 0.15) is 17.6 Å². The molecule has 2 aromatic heterocycles. The van der Waals surface area contributed by atoms with E-state index < -0.39 is 5.91 Å². The number of benzene rings is 2. The Morgan fingerprint density at radius 3 is 1.83 bits per heavy atom. The number of amides is 1. The minimum absolute atomic E-state index is 0.0503. The van der Waals surface area contributed by atoms with Crippen molar-refractivity contribution in [2.24, 2.45) is 23.0 Å². The van der Waals surface area contributed by atoms with Crippen molar-refractivity contribution in [2.75, 3.05) is 10.6 Å². The summed E-state index contributed by atoms with van der Waals surface area (Å²) in [6, 6.07) is 10.4. The predicted octanol–water partition coefficient (Wildman–Crippen LogP) is 6.84. The summed E-state index contributed by atoms with van der Waals surface area (Å²) < 4.78 is 7.06. The largest absolute Gasteiger partial charge is 0.365 e. The number of primary amides is 1. The molecule has 0 radical (unpaired) electrons. The number of hydrogen-bond donors (Lipinski definition) is 3. The maximum atomic E-state index is 12.8. The number of nitrogens with two attached hydrogens (primary N) is 1. The summed E-state index contributed by atoms with van der Waals surface area (Å²) in [5.41, 5.74) is 15.7. The molecule has 0 saturated heterocycles. The molecule has 0 unspecified atom stereocenters. The van der Waals surface area contributed by atoms with Crippen LogP contribution >= 0.6 is 0 Å². The van der Waals surface area contributed by atoms with Crippen molar-refractivity contribution >= 4 is 40.5 Å². The van der Waals surface area contributed by atoms with Crippen LogP contribution in [0.3, 0.4) is 0 Å². The van der Waals surface area contributed by atoms with Gasteiger partial charge in [-0.3, -0.25) is 4.79 Å². The third-order valence-corrected chi connectivity index (χ3v) is 7.13. The first-order chi connectivity index (χ1) is 19.3. The van der Waals surface area contributed by atoms with E-state index in [1.54, 1.807) is 20.9 Å². The van der Waals surface area contributed by atoms with Gasteiger partial charge in [0.05, 0.1) is 5.56 Å². The van der Waals surface area contributed by atoms with E-state index in [0.29, 0.717) is 28.6 Å². The van der Waals surface area contributed by atoms with E-state index >= 15 is 0 Å². The molecular weight excluding hydrogens is 516 g/mol. The number of nitrogens with one attached hydrogen (secondary N) is 2. The lowest BCUT2D eigenvalue weighted by molar-refractivity contribution is -0.847. The topological polar surface area (TPSA) is 146 Å². The molecule has 0 aliphatic rings. The van der Waals surface area contributed by atoms with Crippen LogP contribution in [0.5, 0.6) is 0 Å². The average molecular weight is 552 g/mol. The minimum Gasteiger partial charge on any atom is -0.365 e. The smallest absolute Gasteiger partial charge is 0.337 e. The van der Waals surface area contributed by atoms with E-state index in [-0.39, 0.29) is 17.0 Å². The SMILES string of the molecule is Cc1cc(C)c(Nc2nc(Nc3c(C)cc(C)cc3C)c(C(N)=O)c(C)c2N=Nc2o[n+](C)c(C)c2C#N)c(C)c1. The Kier molecular flexibility index (Phi) is 7.92. The van der Waals surface area contributed by atoms with Crippen LogP contribution in [0, 0.1) is 66.7 Å². The Labute approximate surface area is 239 Å². The van der Waals surface area contributed by atoms with Crippen molar-refractivity contribution in [3.05, 3.63) is 80.0 Å². The van der Waals surface area contributed by atoms with E-state index in [2.05, 4.69) is 51.2 Å². The van der Waals surface area contributed by atoms with Crippen LogP contribution in [-0.4, -0.2) is 10.9 Å². The molecule has 10 nitrogen and oxygen atoms in total. The Bertz CT molecular complexity index is 1730. The van der Waals surface area contributed by atoms with Crippen molar-refractivity contribution in [2.45, 2.75) is 55.4 Å². The number of carbonyl (C=O) groups is 1. The summed E-state index contributed by atoms with van der Waals surface area (Å²) in [4.78, 5) is 17.7. The highest BCUT2D eigenvalue weighted by molar-refractivity contribution is 6.02. The van der Waals surface area contributed by atoms with Crippen molar-refractivity contribution in [1.82, 2.24) is 4.98 Å². The van der Waals surface area contributed by atoms with Crippen molar-refractivity contribution in [3.8, 4) is 6.07 Å². The molecule has 0 fully saturated rings. The maximum absolute atomic E-state index is 12.8. The highest BCUT2D eigenvalue weighted by Crippen LogP contribution is 2.39. The van der Waals surface area contributed by atoms with E-state index in [9.17, 15) is 10.1 Å². The number of azo groups is 1. The second-order valence-electron chi connectivity index (χ2n) is 10.5. The Morgan fingerprint density at radius 1 is 0.878 bits per heavy atom. The summed E-state index contributed by atoms with van der Waals surface area (Å²) in [5, 5.41) is 25.2. The van der Waals surface area contributed by atoms with E-state index in [1.165, 1.54) is 4.74 Å². The molecule has 4 rings (SSSR count). The maximum Gasteiger partial charge on any atom is 0.337 e. The second-order valence-corrected chi connectivity index (χ2v) is 10.5. The van der Waals surface area contributed by atoms with Gasteiger partial charge < -0.3 is 16.4 Å². The summed E-state index contributed by atoms with van der Waals surface area (Å²) >= 11 is 0. The van der Waals surface area contributed by atoms with Crippen LogP contribution in [0.4, 0.5) is 34.6 Å². The first kappa shape index (κ1) is 29.0. The molecule has 2 aromatic carbocycles. The Morgan fingerprint density at radius 2 is 1.37 bits per heavy atom. The lowest BCUT2D eigenvalue weighted by atomic mass is 10.0. The number of carbonyl (C=O) groups excluding carboxylic acids is 1. The molecule has 4 N–H and O–H groups in total. The Hall–Kier alpha value is -5.04. The fraction of sp³-hybridized carbons (Fsp3) is 0.290. The molecule has 0 atom stereocenters. The third kappa shape index (κ3) is 5.65. The van der Waals surface area contributed by atoms with Gasteiger partial charge in [-0.15, -0.1) is 10.2 Å². The van der Waals surface area contributed by atoms with E-state index in [0.717, 1.165) is 44.8 Å². The zero-order valence-electron chi connectivity index (χ0n) is 24.9. The number of rotatable bonds is 7. The molecule has 210 valence electrons. The number of anilines is 4. The zero-order valence-corrected chi connectivity index (χ0v) is 24.9. The van der Waals surface area contributed by atoms with Gasteiger partial charge in [0, 0.05) is 18.3 Å². The molecule has 41 heavy (non-hydrogen) atoms. The first-order valence-corrected chi connectivity index (χ1v) is 13.2. The molecule has 0 bridgehead atoms. The second kappa shape index (κ2) is 11.2. The van der Waals surface area contributed by atoms with Crippen LogP contribution in [0.25, 0.3) is 0 Å². The van der Waals surface area contributed by atoms with Gasteiger partial charge in [0.15, 0.2) is 18.4 Å². The number of hydrogen-bond acceptors (Lipinski definition) is 8. The van der Waals surface area contributed by atoms with Crippen LogP contribution in [-0.2, 0) is 7.05 Å². The monoisotopic (exact) mass is 551 g/mol. The van der Waals surface area contributed by atoms with Gasteiger partial charge in [-0.05, 0) is 81.0 Å². The van der Waals surface area contributed by atoms with Crippen LogP contribution in [0.15, 0.2) is 39.0 Å². The van der Waals surface area contributed by atoms with Gasteiger partial charge in [-0.2, -0.15) is 5.26 Å². The molecule has 0 aliphatic carbocycles. The van der Waals surface area contributed by atoms with Gasteiger partial charge in [0.2, 0.25) is 5.69 Å². The minimum atomic E-state index is -0.663.